The van der Waals surface area contributed by atoms with Gasteiger partial charge in [-0.2, -0.15) is 13.2 Å². The van der Waals surface area contributed by atoms with E-state index in [1.54, 1.807) is 4.90 Å². The summed E-state index contributed by atoms with van der Waals surface area (Å²) in [7, 11) is 1.52. The predicted molar refractivity (Wildman–Crippen MR) is 66.2 cm³/mol. The van der Waals surface area contributed by atoms with Crippen LogP contribution in [0.3, 0.4) is 0 Å². The molecule has 1 heterocycles. The molecule has 0 saturated carbocycles. The first kappa shape index (κ1) is 17.2. The van der Waals surface area contributed by atoms with E-state index in [4.69, 9.17) is 4.74 Å². The summed E-state index contributed by atoms with van der Waals surface area (Å²) in [6.45, 7) is 1.68. The van der Waals surface area contributed by atoms with Gasteiger partial charge < -0.3 is 14.7 Å². The van der Waals surface area contributed by atoms with Gasteiger partial charge in [0.1, 0.15) is 0 Å². The number of nitrogens with zero attached hydrogens (tertiary/aromatic N) is 2. The van der Waals surface area contributed by atoms with Crippen LogP contribution < -0.4 is 0 Å². The van der Waals surface area contributed by atoms with Crippen LogP contribution in [0.25, 0.3) is 0 Å². The molecule has 1 saturated heterocycles. The van der Waals surface area contributed by atoms with E-state index in [0.29, 0.717) is 32.7 Å². The van der Waals surface area contributed by atoms with Crippen LogP contribution in [-0.2, 0) is 9.53 Å². The lowest BCUT2D eigenvalue weighted by Crippen LogP contribution is -2.52. The molecule has 1 rings (SSSR count). The van der Waals surface area contributed by atoms with E-state index in [-0.39, 0.29) is 12.5 Å². The number of β-amino-alcohol motifs (C(OH)–C–C–N with tert-alkyl or cyclic N) is 1. The molecule has 0 unspecified atom stereocenters. The molecule has 0 aromatic heterocycles. The third-order valence-corrected chi connectivity index (χ3v) is 3.32. The van der Waals surface area contributed by atoms with Gasteiger partial charge in [0.15, 0.2) is 5.60 Å². The molecule has 5 nitrogen and oxygen atoms in total. The second-order valence-corrected chi connectivity index (χ2v) is 5.21. The number of alkyl halides is 3. The molecular weight excluding hydrogens is 277 g/mol. The first-order valence-electron chi connectivity index (χ1n) is 6.45. The summed E-state index contributed by atoms with van der Waals surface area (Å²) >= 11 is 0. The zero-order chi connectivity index (χ0) is 15.4. The van der Waals surface area contributed by atoms with E-state index in [1.165, 1.54) is 12.0 Å². The number of rotatable bonds is 5. The molecular formula is C12H21F3N2O3. The van der Waals surface area contributed by atoms with Crippen LogP contribution >= 0.6 is 0 Å². The minimum Gasteiger partial charge on any atom is -0.383 e. The maximum Gasteiger partial charge on any atom is 0.418 e. The van der Waals surface area contributed by atoms with Crippen LogP contribution in [0.2, 0.25) is 0 Å². The topological polar surface area (TPSA) is 53.0 Å². The normalized spacial score (nSPS) is 21.7. The summed E-state index contributed by atoms with van der Waals surface area (Å²) < 4.78 is 42.8. The highest BCUT2D eigenvalue weighted by atomic mass is 19.4. The molecule has 1 amide bonds. The molecule has 1 fully saturated rings. The van der Waals surface area contributed by atoms with Crippen LogP contribution in [0.5, 0.6) is 0 Å². The zero-order valence-corrected chi connectivity index (χ0v) is 11.7. The summed E-state index contributed by atoms with van der Waals surface area (Å²) in [6, 6.07) is 0. The Labute approximate surface area is 116 Å². The zero-order valence-electron chi connectivity index (χ0n) is 11.7. The number of hydrogen-bond acceptors (Lipinski definition) is 4. The minimum absolute atomic E-state index is 0.115. The predicted octanol–water partition coefficient (Wildman–Crippen LogP) is 0.480. The van der Waals surface area contributed by atoms with E-state index in [1.807, 2.05) is 0 Å². The molecule has 0 radical (unpaired) electrons. The Morgan fingerprint density at radius 1 is 1.35 bits per heavy atom. The standard InChI is InChI=1S/C12H21F3N2O3/c1-11(19,12(13,14)15)9-16-4-3-5-17(6-7-20-2)10(18)8-16/h19H,3-9H2,1-2H3/t11-/m0/s1. The smallest absolute Gasteiger partial charge is 0.383 e. The summed E-state index contributed by atoms with van der Waals surface area (Å²) in [5, 5.41) is 9.48. The van der Waals surface area contributed by atoms with Crippen molar-refractivity contribution < 1.29 is 27.8 Å². The van der Waals surface area contributed by atoms with Gasteiger partial charge >= 0.3 is 6.18 Å². The summed E-state index contributed by atoms with van der Waals surface area (Å²) in [4.78, 5) is 14.9. The molecule has 1 aliphatic heterocycles. The second kappa shape index (κ2) is 6.73. The highest BCUT2D eigenvalue weighted by Gasteiger charge is 2.50. The van der Waals surface area contributed by atoms with Crippen molar-refractivity contribution in [3.8, 4) is 0 Å². The molecule has 1 atom stereocenters. The van der Waals surface area contributed by atoms with Crippen LogP contribution in [0.4, 0.5) is 13.2 Å². The molecule has 8 heteroatoms. The van der Waals surface area contributed by atoms with E-state index < -0.39 is 18.3 Å². The number of methoxy groups -OCH3 is 1. The number of carbonyl (C=O) groups excluding carboxylic acids is 1. The van der Waals surface area contributed by atoms with Gasteiger partial charge in [-0.1, -0.05) is 0 Å². The van der Waals surface area contributed by atoms with E-state index in [9.17, 15) is 23.1 Å². The maximum absolute atomic E-state index is 12.6. The first-order valence-corrected chi connectivity index (χ1v) is 6.45. The number of halogens is 3. The average molecular weight is 298 g/mol. The van der Waals surface area contributed by atoms with Crippen molar-refractivity contribution in [1.29, 1.82) is 0 Å². The van der Waals surface area contributed by atoms with Gasteiger partial charge in [-0.3, -0.25) is 9.69 Å². The van der Waals surface area contributed by atoms with Gasteiger partial charge in [-0.15, -0.1) is 0 Å². The van der Waals surface area contributed by atoms with Crippen molar-refractivity contribution >= 4 is 5.91 Å². The Bertz CT molecular complexity index is 334. The van der Waals surface area contributed by atoms with E-state index in [0.717, 1.165) is 6.92 Å². The van der Waals surface area contributed by atoms with Crippen molar-refractivity contribution in [3.63, 3.8) is 0 Å². The fourth-order valence-electron chi connectivity index (χ4n) is 2.08. The number of amides is 1. The summed E-state index contributed by atoms with van der Waals surface area (Å²) in [6.07, 6.45) is -4.14. The lowest BCUT2D eigenvalue weighted by atomic mass is 10.1. The SMILES string of the molecule is COCCN1CCCN(C[C@](C)(O)C(F)(F)F)CC1=O. The fraction of sp³-hybridized carbons (Fsp3) is 0.917. The summed E-state index contributed by atoms with van der Waals surface area (Å²) in [5.74, 6) is -0.238. The van der Waals surface area contributed by atoms with Crippen LogP contribution in [0.15, 0.2) is 0 Å². The van der Waals surface area contributed by atoms with Gasteiger partial charge in [0.25, 0.3) is 0 Å². The van der Waals surface area contributed by atoms with Gasteiger partial charge in [0, 0.05) is 33.3 Å². The van der Waals surface area contributed by atoms with E-state index in [2.05, 4.69) is 0 Å². The van der Waals surface area contributed by atoms with Gasteiger partial charge in [0.2, 0.25) is 5.91 Å². The van der Waals surface area contributed by atoms with Crippen molar-refractivity contribution in [2.45, 2.75) is 25.1 Å². The lowest BCUT2D eigenvalue weighted by Gasteiger charge is -2.31. The van der Waals surface area contributed by atoms with Crippen LogP contribution in [-0.4, -0.2) is 79.0 Å². The Morgan fingerprint density at radius 2 is 2.00 bits per heavy atom. The lowest BCUT2D eigenvalue weighted by molar-refractivity contribution is -0.257. The van der Waals surface area contributed by atoms with Gasteiger partial charge in [-0.05, 0) is 13.3 Å². The Balaban J connectivity index is 2.60. The molecule has 0 spiro atoms. The Morgan fingerprint density at radius 3 is 2.55 bits per heavy atom. The van der Waals surface area contributed by atoms with Crippen molar-refractivity contribution in [1.82, 2.24) is 9.80 Å². The molecule has 0 aromatic rings. The number of ether oxygens (including phenoxy) is 1. The molecule has 0 bridgehead atoms. The molecule has 0 aromatic carbocycles. The molecule has 20 heavy (non-hydrogen) atoms. The largest absolute Gasteiger partial charge is 0.418 e. The Kier molecular flexibility index (Phi) is 5.79. The summed E-state index contributed by atoms with van der Waals surface area (Å²) in [5.41, 5.74) is -2.81. The average Bonchev–Trinajstić information content (AvgIpc) is 2.46. The highest BCUT2D eigenvalue weighted by molar-refractivity contribution is 5.78. The monoisotopic (exact) mass is 298 g/mol. The van der Waals surface area contributed by atoms with E-state index >= 15 is 0 Å². The Hall–Kier alpha value is -0.860. The number of carbonyl (C=O) groups is 1. The third kappa shape index (κ3) is 4.60. The number of hydrogen-bond donors (Lipinski definition) is 1. The maximum atomic E-state index is 12.6. The molecule has 1 aliphatic rings. The van der Waals surface area contributed by atoms with Crippen LogP contribution in [0, 0.1) is 0 Å². The second-order valence-electron chi connectivity index (χ2n) is 5.21. The highest BCUT2D eigenvalue weighted by Crippen LogP contribution is 2.30. The number of aliphatic hydroxyl groups is 1. The molecule has 1 N–H and O–H groups in total. The minimum atomic E-state index is -4.71. The van der Waals surface area contributed by atoms with Crippen LogP contribution in [0.1, 0.15) is 13.3 Å². The van der Waals surface area contributed by atoms with Crippen molar-refractivity contribution in [3.05, 3.63) is 0 Å². The van der Waals surface area contributed by atoms with Gasteiger partial charge in [0.05, 0.1) is 13.2 Å². The molecule has 0 aliphatic carbocycles. The van der Waals surface area contributed by atoms with Crippen molar-refractivity contribution in [2.24, 2.45) is 0 Å². The molecule has 118 valence electrons. The van der Waals surface area contributed by atoms with Crippen molar-refractivity contribution in [2.75, 3.05) is 46.4 Å². The first-order chi connectivity index (χ1) is 9.17. The van der Waals surface area contributed by atoms with Gasteiger partial charge in [-0.25, -0.2) is 0 Å². The quantitative estimate of drug-likeness (QED) is 0.802. The fourth-order valence-corrected chi connectivity index (χ4v) is 2.08. The third-order valence-electron chi connectivity index (χ3n) is 3.32.